The molecule has 1 saturated heterocycles. The van der Waals surface area contributed by atoms with E-state index in [4.69, 9.17) is 0 Å². The average Bonchev–Trinajstić information content (AvgIpc) is 2.65. The van der Waals surface area contributed by atoms with Crippen molar-refractivity contribution < 1.29 is 9.72 Å². The Kier molecular flexibility index (Phi) is 5.30. The molecule has 0 spiro atoms. The number of carbonyl (C=O) groups excluding carboxylic acids is 1. The van der Waals surface area contributed by atoms with E-state index in [9.17, 15) is 14.9 Å². The molecule has 0 unspecified atom stereocenters. The monoisotopic (exact) mass is 370 g/mol. The maximum atomic E-state index is 12.6. The van der Waals surface area contributed by atoms with Crippen molar-refractivity contribution in [3.05, 3.63) is 40.1 Å². The third kappa shape index (κ3) is 3.72. The minimum absolute atomic E-state index is 0.0288. The molecule has 1 aromatic heterocycles. The van der Waals surface area contributed by atoms with Crippen LogP contribution in [0.25, 0.3) is 10.9 Å². The van der Waals surface area contributed by atoms with Crippen LogP contribution in [0.5, 0.6) is 0 Å². The van der Waals surface area contributed by atoms with Gasteiger partial charge in [-0.1, -0.05) is 12.1 Å². The first-order valence-corrected chi connectivity index (χ1v) is 9.36. The van der Waals surface area contributed by atoms with Gasteiger partial charge in [0.2, 0.25) is 5.91 Å². The molecule has 0 saturated carbocycles. The Morgan fingerprint density at radius 2 is 2.00 bits per heavy atom. The number of non-ortho nitro benzene ring substituents is 1. The fraction of sp³-hybridized carbons (Fsp3) is 0.500. The summed E-state index contributed by atoms with van der Waals surface area (Å²) < 4.78 is 0. The molecule has 3 rings (SSSR count). The second-order valence-electron chi connectivity index (χ2n) is 7.52. The van der Waals surface area contributed by atoms with Gasteiger partial charge in [-0.15, -0.1) is 0 Å². The third-order valence-corrected chi connectivity index (χ3v) is 5.43. The van der Waals surface area contributed by atoms with Gasteiger partial charge in [0.1, 0.15) is 0 Å². The van der Waals surface area contributed by atoms with E-state index in [1.165, 1.54) is 6.07 Å². The van der Waals surface area contributed by atoms with Crippen LogP contribution in [0.3, 0.4) is 0 Å². The molecule has 1 fully saturated rings. The number of hydrogen-bond acceptors (Lipinski definition) is 5. The van der Waals surface area contributed by atoms with E-state index in [-0.39, 0.29) is 28.5 Å². The molecule has 0 atom stereocenters. The highest BCUT2D eigenvalue weighted by atomic mass is 16.6. The van der Waals surface area contributed by atoms with Gasteiger partial charge in [-0.05, 0) is 39.7 Å². The Morgan fingerprint density at radius 3 is 2.59 bits per heavy atom. The van der Waals surface area contributed by atoms with Crippen molar-refractivity contribution in [2.75, 3.05) is 25.0 Å². The zero-order valence-corrected chi connectivity index (χ0v) is 16.3. The Morgan fingerprint density at radius 1 is 1.33 bits per heavy atom. The fourth-order valence-electron chi connectivity index (χ4n) is 3.66. The second-order valence-corrected chi connectivity index (χ2v) is 7.52. The van der Waals surface area contributed by atoms with E-state index < -0.39 is 0 Å². The molecule has 0 radical (unpaired) electrons. The predicted molar refractivity (Wildman–Crippen MR) is 106 cm³/mol. The number of piperidine rings is 1. The van der Waals surface area contributed by atoms with Crippen LogP contribution in [0.1, 0.15) is 32.4 Å². The molecule has 0 N–H and O–H groups in total. The number of nitrogens with zero attached hydrogens (tertiary/aromatic N) is 4. The van der Waals surface area contributed by atoms with E-state index in [0.29, 0.717) is 5.52 Å². The molecule has 2 heterocycles. The maximum Gasteiger partial charge on any atom is 0.295 e. The molecular weight excluding hydrogens is 344 g/mol. The summed E-state index contributed by atoms with van der Waals surface area (Å²) in [5.41, 5.74) is 2.17. The van der Waals surface area contributed by atoms with Crippen molar-refractivity contribution >= 4 is 28.2 Å². The molecule has 2 aromatic rings. The minimum Gasteiger partial charge on any atom is -0.371 e. The lowest BCUT2D eigenvalue weighted by Crippen LogP contribution is -2.43. The highest BCUT2D eigenvalue weighted by Gasteiger charge is 2.29. The standard InChI is InChI=1S/C20H26N4O3/c1-13(2)22(4)20(25)15-8-10-23(11-9-15)18-12-14(3)21-19-16(18)6-5-7-17(19)24(26)27/h5-7,12-13,15H,8-11H2,1-4H3. The van der Waals surface area contributed by atoms with Crippen molar-refractivity contribution in [1.29, 1.82) is 0 Å². The lowest BCUT2D eigenvalue weighted by atomic mass is 9.94. The number of anilines is 1. The van der Waals surface area contributed by atoms with Crippen molar-refractivity contribution in [3.63, 3.8) is 0 Å². The second kappa shape index (κ2) is 7.50. The number of nitro benzene ring substituents is 1. The maximum absolute atomic E-state index is 12.6. The first-order chi connectivity index (χ1) is 12.8. The normalized spacial score (nSPS) is 15.4. The summed E-state index contributed by atoms with van der Waals surface area (Å²) in [4.78, 5) is 32.0. The van der Waals surface area contributed by atoms with Crippen LogP contribution >= 0.6 is 0 Å². The van der Waals surface area contributed by atoms with E-state index in [0.717, 1.165) is 42.7 Å². The number of aryl methyl sites for hydroxylation is 1. The Labute approximate surface area is 159 Å². The van der Waals surface area contributed by atoms with Crippen LogP contribution in [-0.2, 0) is 4.79 Å². The molecule has 1 amide bonds. The molecule has 1 aliphatic rings. The van der Waals surface area contributed by atoms with E-state index in [2.05, 4.69) is 9.88 Å². The first kappa shape index (κ1) is 19.1. The Hall–Kier alpha value is -2.70. The SMILES string of the molecule is Cc1cc(N2CCC(C(=O)N(C)C(C)C)CC2)c2cccc([N+](=O)[O-])c2n1. The number of carbonyl (C=O) groups is 1. The lowest BCUT2D eigenvalue weighted by molar-refractivity contribution is -0.383. The van der Waals surface area contributed by atoms with Crippen LogP contribution in [0.2, 0.25) is 0 Å². The van der Waals surface area contributed by atoms with Gasteiger partial charge in [0.25, 0.3) is 5.69 Å². The van der Waals surface area contributed by atoms with Gasteiger partial charge in [0.05, 0.1) is 4.92 Å². The summed E-state index contributed by atoms with van der Waals surface area (Å²) in [6.07, 6.45) is 1.57. The molecule has 7 nitrogen and oxygen atoms in total. The highest BCUT2D eigenvalue weighted by molar-refractivity contribution is 5.97. The van der Waals surface area contributed by atoms with Crippen LogP contribution in [0, 0.1) is 23.0 Å². The highest BCUT2D eigenvalue weighted by Crippen LogP contribution is 2.34. The summed E-state index contributed by atoms with van der Waals surface area (Å²) in [6.45, 7) is 7.40. The van der Waals surface area contributed by atoms with Crippen molar-refractivity contribution in [2.45, 2.75) is 39.7 Å². The molecule has 27 heavy (non-hydrogen) atoms. The van der Waals surface area contributed by atoms with Gasteiger partial charge >= 0.3 is 0 Å². The van der Waals surface area contributed by atoms with Gasteiger partial charge in [-0.25, -0.2) is 4.98 Å². The third-order valence-electron chi connectivity index (χ3n) is 5.43. The van der Waals surface area contributed by atoms with Gasteiger partial charge < -0.3 is 9.80 Å². The molecule has 7 heteroatoms. The average molecular weight is 370 g/mol. The molecule has 1 aromatic carbocycles. The smallest absolute Gasteiger partial charge is 0.295 e. The quantitative estimate of drug-likeness (QED) is 0.607. The number of para-hydroxylation sites is 1. The largest absolute Gasteiger partial charge is 0.371 e. The summed E-state index contributed by atoms with van der Waals surface area (Å²) in [7, 11) is 1.86. The van der Waals surface area contributed by atoms with Crippen molar-refractivity contribution in [2.24, 2.45) is 5.92 Å². The zero-order valence-electron chi connectivity index (χ0n) is 16.3. The van der Waals surface area contributed by atoms with Crippen LogP contribution < -0.4 is 4.90 Å². The first-order valence-electron chi connectivity index (χ1n) is 9.36. The summed E-state index contributed by atoms with van der Waals surface area (Å²) in [6, 6.07) is 7.26. The Bertz CT molecular complexity index is 873. The van der Waals surface area contributed by atoms with Crippen LogP contribution in [-0.4, -0.2) is 46.9 Å². The topological polar surface area (TPSA) is 79.6 Å². The summed E-state index contributed by atoms with van der Waals surface area (Å²) in [5.74, 6) is 0.244. The molecule has 0 bridgehead atoms. The van der Waals surface area contributed by atoms with E-state index in [1.54, 1.807) is 6.07 Å². The zero-order chi connectivity index (χ0) is 19.7. The Balaban J connectivity index is 1.87. The number of fused-ring (bicyclic) bond motifs is 1. The van der Waals surface area contributed by atoms with E-state index >= 15 is 0 Å². The van der Waals surface area contributed by atoms with Gasteiger partial charge in [-0.3, -0.25) is 14.9 Å². The number of nitro groups is 1. The fourth-order valence-corrected chi connectivity index (χ4v) is 3.66. The molecule has 0 aliphatic carbocycles. The molecular formula is C20H26N4O3. The van der Waals surface area contributed by atoms with Crippen LogP contribution in [0.4, 0.5) is 11.4 Å². The van der Waals surface area contributed by atoms with Gasteiger partial charge in [0, 0.05) is 54.9 Å². The molecule has 144 valence electrons. The van der Waals surface area contributed by atoms with E-state index in [1.807, 2.05) is 44.9 Å². The number of rotatable bonds is 4. The van der Waals surface area contributed by atoms with Gasteiger partial charge in [-0.2, -0.15) is 0 Å². The van der Waals surface area contributed by atoms with Crippen molar-refractivity contribution in [3.8, 4) is 0 Å². The summed E-state index contributed by atoms with van der Waals surface area (Å²) in [5, 5.41) is 12.2. The number of hydrogen-bond donors (Lipinski definition) is 0. The predicted octanol–water partition coefficient (Wildman–Crippen LogP) is 3.53. The summed E-state index contributed by atoms with van der Waals surface area (Å²) >= 11 is 0. The number of amides is 1. The number of aromatic nitrogens is 1. The number of pyridine rings is 1. The molecule has 1 aliphatic heterocycles. The number of benzene rings is 1. The van der Waals surface area contributed by atoms with Crippen molar-refractivity contribution in [1.82, 2.24) is 9.88 Å². The minimum atomic E-state index is -0.384. The van der Waals surface area contributed by atoms with Gasteiger partial charge in [0.15, 0.2) is 5.52 Å². The van der Waals surface area contributed by atoms with Crippen LogP contribution in [0.15, 0.2) is 24.3 Å². The lowest BCUT2D eigenvalue weighted by Gasteiger charge is -2.36.